The maximum atomic E-state index is 9.58. The number of aliphatic hydroxyl groups excluding tert-OH is 1. The monoisotopic (exact) mass is 262 g/mol. The van der Waals surface area contributed by atoms with Gasteiger partial charge in [0.15, 0.2) is 0 Å². The zero-order valence-electron chi connectivity index (χ0n) is 9.41. The van der Waals surface area contributed by atoms with E-state index in [0.29, 0.717) is 28.8 Å². The van der Waals surface area contributed by atoms with Crippen LogP contribution in [-0.4, -0.2) is 17.8 Å². The fraction of sp³-hybridized carbons (Fsp3) is 0.500. The summed E-state index contributed by atoms with van der Waals surface area (Å²) in [6.07, 6.45) is 0.252. The molecule has 1 N–H and O–H groups in total. The molecule has 0 aliphatic carbocycles. The van der Waals surface area contributed by atoms with Gasteiger partial charge in [-0.05, 0) is 24.1 Å². The fourth-order valence-corrected chi connectivity index (χ4v) is 1.68. The third kappa shape index (κ3) is 4.20. The lowest BCUT2D eigenvalue weighted by molar-refractivity contribution is 0.0976. The van der Waals surface area contributed by atoms with Gasteiger partial charge in [0.05, 0.1) is 17.7 Å². The van der Waals surface area contributed by atoms with Crippen molar-refractivity contribution >= 4 is 23.2 Å². The van der Waals surface area contributed by atoms with Crippen LogP contribution in [0.3, 0.4) is 0 Å². The number of rotatable bonds is 5. The Morgan fingerprint density at radius 3 is 2.56 bits per heavy atom. The van der Waals surface area contributed by atoms with E-state index >= 15 is 0 Å². The molecule has 90 valence electrons. The molecular formula is C12H16Cl2O2. The lowest BCUT2D eigenvalue weighted by atomic mass is 10.1. The SMILES string of the molecule is CC(C)C(O)CCOc1ccc(Cl)cc1Cl. The Bertz CT molecular complexity index is 340. The van der Waals surface area contributed by atoms with Crippen molar-refractivity contribution in [2.24, 2.45) is 5.92 Å². The molecule has 1 aromatic rings. The molecule has 0 amide bonds. The minimum Gasteiger partial charge on any atom is -0.492 e. The molecule has 0 heterocycles. The molecule has 16 heavy (non-hydrogen) atoms. The van der Waals surface area contributed by atoms with E-state index in [1.165, 1.54) is 0 Å². The van der Waals surface area contributed by atoms with E-state index in [1.807, 2.05) is 13.8 Å². The molecular weight excluding hydrogens is 247 g/mol. The number of benzene rings is 1. The molecule has 1 atom stereocenters. The smallest absolute Gasteiger partial charge is 0.137 e. The molecule has 0 aromatic heterocycles. The third-order valence-corrected chi connectivity index (χ3v) is 2.87. The maximum Gasteiger partial charge on any atom is 0.137 e. The van der Waals surface area contributed by atoms with Gasteiger partial charge in [0.25, 0.3) is 0 Å². The van der Waals surface area contributed by atoms with E-state index in [2.05, 4.69) is 0 Å². The van der Waals surface area contributed by atoms with Gasteiger partial charge < -0.3 is 9.84 Å². The minimum atomic E-state index is -0.342. The van der Waals surface area contributed by atoms with Crippen LogP contribution in [0.15, 0.2) is 18.2 Å². The van der Waals surface area contributed by atoms with E-state index < -0.39 is 0 Å². The van der Waals surface area contributed by atoms with Crippen LogP contribution in [0.4, 0.5) is 0 Å². The molecule has 2 nitrogen and oxygen atoms in total. The quantitative estimate of drug-likeness (QED) is 0.876. The van der Waals surface area contributed by atoms with Crippen molar-refractivity contribution in [1.82, 2.24) is 0 Å². The van der Waals surface area contributed by atoms with Crippen molar-refractivity contribution in [2.45, 2.75) is 26.4 Å². The van der Waals surface area contributed by atoms with Crippen molar-refractivity contribution in [3.05, 3.63) is 28.2 Å². The predicted octanol–water partition coefficient (Wildman–Crippen LogP) is 3.78. The second kappa shape index (κ2) is 6.33. The number of ether oxygens (including phenoxy) is 1. The van der Waals surface area contributed by atoms with Gasteiger partial charge in [0.2, 0.25) is 0 Å². The average Bonchev–Trinajstić information content (AvgIpc) is 2.20. The van der Waals surface area contributed by atoms with Crippen molar-refractivity contribution in [2.75, 3.05) is 6.61 Å². The topological polar surface area (TPSA) is 29.5 Å². The van der Waals surface area contributed by atoms with Crippen molar-refractivity contribution in [3.8, 4) is 5.75 Å². The molecule has 1 rings (SSSR count). The Kier molecular flexibility index (Phi) is 5.39. The van der Waals surface area contributed by atoms with E-state index in [9.17, 15) is 5.11 Å². The number of aliphatic hydroxyl groups is 1. The Hall–Kier alpha value is -0.440. The second-order valence-corrected chi connectivity index (χ2v) is 4.87. The van der Waals surface area contributed by atoms with Gasteiger partial charge in [-0.3, -0.25) is 0 Å². The molecule has 0 fully saturated rings. The van der Waals surface area contributed by atoms with Crippen LogP contribution >= 0.6 is 23.2 Å². The first-order valence-electron chi connectivity index (χ1n) is 5.26. The van der Waals surface area contributed by atoms with Gasteiger partial charge in [-0.15, -0.1) is 0 Å². The summed E-state index contributed by atoms with van der Waals surface area (Å²) in [5, 5.41) is 10.7. The average molecular weight is 263 g/mol. The summed E-state index contributed by atoms with van der Waals surface area (Å²) in [6.45, 7) is 4.39. The Morgan fingerprint density at radius 1 is 1.31 bits per heavy atom. The molecule has 0 aliphatic heterocycles. The Balaban J connectivity index is 2.43. The minimum absolute atomic E-state index is 0.240. The Labute approximate surface area is 106 Å². The zero-order chi connectivity index (χ0) is 12.1. The molecule has 0 bridgehead atoms. The Morgan fingerprint density at radius 2 is 2.00 bits per heavy atom. The summed E-state index contributed by atoms with van der Waals surface area (Å²) < 4.78 is 5.46. The first kappa shape index (κ1) is 13.6. The fourth-order valence-electron chi connectivity index (χ4n) is 1.22. The normalized spacial score (nSPS) is 12.9. The highest BCUT2D eigenvalue weighted by Crippen LogP contribution is 2.27. The number of halogens is 2. The van der Waals surface area contributed by atoms with Gasteiger partial charge in [0.1, 0.15) is 5.75 Å². The molecule has 1 aromatic carbocycles. The maximum absolute atomic E-state index is 9.58. The van der Waals surface area contributed by atoms with Gasteiger partial charge >= 0.3 is 0 Å². The van der Waals surface area contributed by atoms with Gasteiger partial charge in [-0.2, -0.15) is 0 Å². The first-order chi connectivity index (χ1) is 7.50. The lowest BCUT2D eigenvalue weighted by Gasteiger charge is -2.15. The molecule has 0 aliphatic rings. The van der Waals surface area contributed by atoms with Crippen LogP contribution in [0.1, 0.15) is 20.3 Å². The summed E-state index contributed by atoms with van der Waals surface area (Å²) in [4.78, 5) is 0. The van der Waals surface area contributed by atoms with E-state index in [4.69, 9.17) is 27.9 Å². The van der Waals surface area contributed by atoms with Crippen LogP contribution in [0.5, 0.6) is 5.75 Å². The second-order valence-electron chi connectivity index (χ2n) is 4.02. The van der Waals surface area contributed by atoms with Crippen LogP contribution in [0.2, 0.25) is 10.0 Å². The highest BCUT2D eigenvalue weighted by molar-refractivity contribution is 6.35. The lowest BCUT2D eigenvalue weighted by Crippen LogP contribution is -2.18. The first-order valence-corrected chi connectivity index (χ1v) is 6.02. The molecule has 0 saturated heterocycles. The molecule has 1 unspecified atom stereocenters. The largest absolute Gasteiger partial charge is 0.492 e. The highest BCUT2D eigenvalue weighted by atomic mass is 35.5. The van der Waals surface area contributed by atoms with E-state index in [1.54, 1.807) is 18.2 Å². The summed E-state index contributed by atoms with van der Waals surface area (Å²) in [5.74, 6) is 0.839. The molecule has 4 heteroatoms. The van der Waals surface area contributed by atoms with E-state index in [0.717, 1.165) is 0 Å². The van der Waals surface area contributed by atoms with Gasteiger partial charge in [-0.1, -0.05) is 37.0 Å². The molecule has 0 radical (unpaired) electrons. The van der Waals surface area contributed by atoms with Crippen molar-refractivity contribution in [1.29, 1.82) is 0 Å². The zero-order valence-corrected chi connectivity index (χ0v) is 10.9. The predicted molar refractivity (Wildman–Crippen MR) is 67.4 cm³/mol. The van der Waals surface area contributed by atoms with Crippen LogP contribution < -0.4 is 4.74 Å². The standard InChI is InChI=1S/C12H16Cl2O2/c1-8(2)11(15)5-6-16-12-4-3-9(13)7-10(12)14/h3-4,7-8,11,15H,5-6H2,1-2H3. The number of hydrogen-bond donors (Lipinski definition) is 1. The summed E-state index contributed by atoms with van der Waals surface area (Å²) in [6, 6.07) is 5.09. The highest BCUT2D eigenvalue weighted by Gasteiger charge is 2.09. The summed E-state index contributed by atoms with van der Waals surface area (Å²) >= 11 is 11.7. The van der Waals surface area contributed by atoms with Gasteiger partial charge in [-0.25, -0.2) is 0 Å². The molecule has 0 spiro atoms. The number of hydrogen-bond acceptors (Lipinski definition) is 2. The van der Waals surface area contributed by atoms with Crippen molar-refractivity contribution in [3.63, 3.8) is 0 Å². The van der Waals surface area contributed by atoms with Crippen LogP contribution in [0.25, 0.3) is 0 Å². The summed E-state index contributed by atoms with van der Waals surface area (Å²) in [7, 11) is 0. The van der Waals surface area contributed by atoms with Crippen LogP contribution in [-0.2, 0) is 0 Å². The van der Waals surface area contributed by atoms with Crippen LogP contribution in [0, 0.1) is 5.92 Å². The van der Waals surface area contributed by atoms with Gasteiger partial charge in [0, 0.05) is 11.4 Å². The van der Waals surface area contributed by atoms with Crippen molar-refractivity contribution < 1.29 is 9.84 Å². The molecule has 0 saturated carbocycles. The third-order valence-electron chi connectivity index (χ3n) is 2.33. The van der Waals surface area contributed by atoms with E-state index in [-0.39, 0.29) is 12.0 Å². The summed E-state index contributed by atoms with van der Waals surface area (Å²) in [5.41, 5.74) is 0.